The van der Waals surface area contributed by atoms with Crippen LogP contribution in [0.2, 0.25) is 0 Å². The van der Waals surface area contributed by atoms with Crippen LogP contribution in [0.5, 0.6) is 0 Å². The van der Waals surface area contributed by atoms with E-state index in [2.05, 4.69) is 0 Å². The summed E-state index contributed by atoms with van der Waals surface area (Å²) in [5.74, 6) is -2.06. The van der Waals surface area contributed by atoms with Crippen molar-refractivity contribution in [2.75, 3.05) is 26.3 Å². The van der Waals surface area contributed by atoms with Crippen LogP contribution in [0.1, 0.15) is 0 Å². The van der Waals surface area contributed by atoms with E-state index in [4.69, 9.17) is 4.74 Å². The van der Waals surface area contributed by atoms with Gasteiger partial charge in [0, 0.05) is 19.3 Å². The highest BCUT2D eigenvalue weighted by Crippen LogP contribution is 2.26. The van der Waals surface area contributed by atoms with E-state index in [1.807, 2.05) is 0 Å². The quantitative estimate of drug-likeness (QED) is 0.596. The van der Waals surface area contributed by atoms with Gasteiger partial charge in [-0.15, -0.1) is 0 Å². The molecule has 0 unspecified atom stereocenters. The highest BCUT2D eigenvalue weighted by molar-refractivity contribution is 4.98. The van der Waals surface area contributed by atoms with E-state index < -0.39 is 12.0 Å². The third-order valence-electron chi connectivity index (χ3n) is 1.61. The average Bonchev–Trinajstić information content (AvgIpc) is 2.04. The summed E-state index contributed by atoms with van der Waals surface area (Å²) in [4.78, 5) is 1.26. The fourth-order valence-corrected chi connectivity index (χ4v) is 0.940. The second-order valence-electron chi connectivity index (χ2n) is 2.62. The molecule has 6 heteroatoms. The van der Waals surface area contributed by atoms with Gasteiger partial charge in [0.05, 0.1) is 13.2 Å². The average molecular weight is 199 g/mol. The van der Waals surface area contributed by atoms with Gasteiger partial charge in [-0.3, -0.25) is 0 Å². The Balaban J connectivity index is 2.53. The number of allylic oxidation sites excluding steroid dienone is 1. The number of morpholine rings is 1. The van der Waals surface area contributed by atoms with E-state index in [9.17, 15) is 17.6 Å². The van der Waals surface area contributed by atoms with Crippen molar-refractivity contribution in [3.05, 3.63) is 12.0 Å². The Morgan fingerprint density at radius 3 is 2.23 bits per heavy atom. The second-order valence-corrected chi connectivity index (χ2v) is 2.62. The van der Waals surface area contributed by atoms with E-state index in [1.54, 1.807) is 0 Å². The van der Waals surface area contributed by atoms with Gasteiger partial charge in [-0.1, -0.05) is 0 Å². The van der Waals surface area contributed by atoms with Gasteiger partial charge in [-0.05, 0) is 0 Å². The van der Waals surface area contributed by atoms with Gasteiger partial charge >= 0.3 is 6.18 Å². The molecule has 13 heavy (non-hydrogen) atoms. The van der Waals surface area contributed by atoms with Gasteiger partial charge in [-0.25, -0.2) is 4.39 Å². The normalized spacial score (nSPS) is 20.6. The SMILES string of the molecule is FC(=CN1CCOCC1)C(F)(F)F. The minimum atomic E-state index is -4.88. The van der Waals surface area contributed by atoms with Crippen LogP contribution in [0.15, 0.2) is 12.0 Å². The van der Waals surface area contributed by atoms with Crippen molar-refractivity contribution >= 4 is 0 Å². The molecule has 0 aromatic carbocycles. The maximum absolute atomic E-state index is 12.3. The Hall–Kier alpha value is -0.780. The molecule has 1 aliphatic rings. The first kappa shape index (κ1) is 10.3. The smallest absolute Gasteiger partial charge is 0.378 e. The van der Waals surface area contributed by atoms with E-state index in [-0.39, 0.29) is 0 Å². The van der Waals surface area contributed by atoms with E-state index in [0.717, 1.165) is 0 Å². The van der Waals surface area contributed by atoms with Crippen LogP contribution < -0.4 is 0 Å². The van der Waals surface area contributed by atoms with Gasteiger partial charge < -0.3 is 9.64 Å². The predicted molar refractivity (Wildman–Crippen MR) is 37.6 cm³/mol. The van der Waals surface area contributed by atoms with Crippen molar-refractivity contribution in [2.45, 2.75) is 6.18 Å². The topological polar surface area (TPSA) is 12.5 Å². The highest BCUT2D eigenvalue weighted by Gasteiger charge is 2.35. The maximum atomic E-state index is 12.3. The summed E-state index contributed by atoms with van der Waals surface area (Å²) in [5.41, 5.74) is 0. The van der Waals surface area contributed by atoms with Crippen LogP contribution in [0.25, 0.3) is 0 Å². The molecule has 1 rings (SSSR count). The molecular formula is C7H9F4NO. The first-order chi connectivity index (χ1) is 6.00. The maximum Gasteiger partial charge on any atom is 0.444 e. The largest absolute Gasteiger partial charge is 0.444 e. The van der Waals surface area contributed by atoms with Gasteiger partial charge in [0.15, 0.2) is 0 Å². The fraction of sp³-hybridized carbons (Fsp3) is 0.714. The summed E-state index contributed by atoms with van der Waals surface area (Å²) in [6, 6.07) is 0. The molecule has 1 saturated heterocycles. The molecular weight excluding hydrogens is 190 g/mol. The number of rotatable bonds is 1. The molecule has 0 bridgehead atoms. The highest BCUT2D eigenvalue weighted by atomic mass is 19.4. The summed E-state index contributed by atoms with van der Waals surface area (Å²) in [7, 11) is 0. The molecule has 0 atom stereocenters. The molecule has 0 spiro atoms. The lowest BCUT2D eigenvalue weighted by Gasteiger charge is -2.25. The predicted octanol–water partition coefficient (Wildman–Crippen LogP) is 1.69. The molecule has 1 heterocycles. The molecule has 76 valence electrons. The van der Waals surface area contributed by atoms with Crippen molar-refractivity contribution in [3.8, 4) is 0 Å². The monoisotopic (exact) mass is 199 g/mol. The number of ether oxygens (including phenoxy) is 1. The Morgan fingerprint density at radius 2 is 1.77 bits per heavy atom. The van der Waals surface area contributed by atoms with Crippen LogP contribution >= 0.6 is 0 Å². The number of halogens is 4. The van der Waals surface area contributed by atoms with Crippen LogP contribution in [0, 0.1) is 0 Å². The first-order valence-corrected chi connectivity index (χ1v) is 3.76. The third kappa shape index (κ3) is 3.22. The zero-order chi connectivity index (χ0) is 9.90. The Labute approximate surface area is 72.8 Å². The van der Waals surface area contributed by atoms with Crippen molar-refractivity contribution in [1.29, 1.82) is 0 Å². The summed E-state index contributed by atoms with van der Waals surface area (Å²) in [6.07, 6.45) is -4.39. The van der Waals surface area contributed by atoms with Crippen LogP contribution in [0.4, 0.5) is 17.6 Å². The number of hydrogen-bond donors (Lipinski definition) is 0. The lowest BCUT2D eigenvalue weighted by molar-refractivity contribution is -0.110. The van der Waals surface area contributed by atoms with Gasteiger partial charge in [0.2, 0.25) is 5.83 Å². The minimum Gasteiger partial charge on any atom is -0.378 e. The van der Waals surface area contributed by atoms with E-state index in [1.165, 1.54) is 4.90 Å². The lowest BCUT2D eigenvalue weighted by atomic mass is 10.4. The Kier molecular flexibility index (Phi) is 3.13. The van der Waals surface area contributed by atoms with Gasteiger partial charge in [0.25, 0.3) is 0 Å². The molecule has 0 aliphatic carbocycles. The lowest BCUT2D eigenvalue weighted by Crippen LogP contribution is -2.33. The summed E-state index contributed by atoms with van der Waals surface area (Å²) < 4.78 is 52.3. The molecule has 1 fully saturated rings. The second kappa shape index (κ2) is 3.95. The molecule has 2 nitrogen and oxygen atoms in total. The van der Waals surface area contributed by atoms with Crippen molar-refractivity contribution in [3.63, 3.8) is 0 Å². The zero-order valence-corrected chi connectivity index (χ0v) is 6.77. The summed E-state index contributed by atoms with van der Waals surface area (Å²) in [5, 5.41) is 0. The number of alkyl halides is 3. The zero-order valence-electron chi connectivity index (χ0n) is 6.77. The number of hydrogen-bond acceptors (Lipinski definition) is 2. The van der Waals surface area contributed by atoms with Gasteiger partial charge in [-0.2, -0.15) is 13.2 Å². The van der Waals surface area contributed by atoms with Crippen molar-refractivity contribution in [2.24, 2.45) is 0 Å². The summed E-state index contributed by atoms with van der Waals surface area (Å²) in [6.45, 7) is 1.26. The molecule has 0 radical (unpaired) electrons. The molecule has 0 N–H and O–H groups in total. The first-order valence-electron chi connectivity index (χ1n) is 3.76. The molecule has 0 amide bonds. The molecule has 0 aromatic rings. The fourth-order valence-electron chi connectivity index (χ4n) is 0.940. The van der Waals surface area contributed by atoms with E-state index in [0.29, 0.717) is 32.5 Å². The third-order valence-corrected chi connectivity index (χ3v) is 1.61. The van der Waals surface area contributed by atoms with Crippen LogP contribution in [-0.2, 0) is 4.74 Å². The Morgan fingerprint density at radius 1 is 1.23 bits per heavy atom. The Bertz CT molecular complexity index is 195. The van der Waals surface area contributed by atoms with Crippen LogP contribution in [-0.4, -0.2) is 37.4 Å². The van der Waals surface area contributed by atoms with Crippen molar-refractivity contribution in [1.82, 2.24) is 4.90 Å². The molecule has 1 aliphatic heterocycles. The van der Waals surface area contributed by atoms with Crippen LogP contribution in [0.3, 0.4) is 0 Å². The minimum absolute atomic E-state index is 0.295. The standard InChI is InChI=1S/C7H9F4NO/c8-6(7(9,10)11)5-12-1-3-13-4-2-12/h5H,1-4H2. The van der Waals surface area contributed by atoms with Gasteiger partial charge in [0.1, 0.15) is 0 Å². The van der Waals surface area contributed by atoms with E-state index >= 15 is 0 Å². The molecule has 0 aromatic heterocycles. The molecule has 0 saturated carbocycles. The number of nitrogens with zero attached hydrogens (tertiary/aromatic N) is 1. The summed E-state index contributed by atoms with van der Waals surface area (Å²) >= 11 is 0. The van der Waals surface area contributed by atoms with Crippen molar-refractivity contribution < 1.29 is 22.3 Å².